The molecular weight excluding hydrogens is 158 g/mol. The molecule has 0 bridgehead atoms. The second-order valence-electron chi connectivity index (χ2n) is 2.33. The van der Waals surface area contributed by atoms with Crippen LogP contribution in [0.15, 0.2) is 17.2 Å². The van der Waals surface area contributed by atoms with Crippen LogP contribution in [0.3, 0.4) is 0 Å². The Morgan fingerprint density at radius 2 is 2.42 bits per heavy atom. The molecule has 0 atom stereocenters. The molecule has 5 heteroatoms. The van der Waals surface area contributed by atoms with E-state index in [9.17, 15) is 4.79 Å². The van der Waals surface area contributed by atoms with E-state index in [1.54, 1.807) is 0 Å². The molecule has 0 spiro atoms. The zero-order chi connectivity index (χ0) is 8.55. The number of ether oxygens (including phenoxy) is 1. The van der Waals surface area contributed by atoms with Crippen LogP contribution in [0.4, 0.5) is 0 Å². The van der Waals surface area contributed by atoms with Crippen molar-refractivity contribution in [3.63, 3.8) is 0 Å². The number of imidazole rings is 1. The third-order valence-corrected chi connectivity index (χ3v) is 1.61. The van der Waals surface area contributed by atoms with E-state index in [4.69, 9.17) is 4.74 Å². The van der Waals surface area contributed by atoms with Gasteiger partial charge in [-0.3, -0.25) is 4.79 Å². The van der Waals surface area contributed by atoms with Crippen LogP contribution >= 0.6 is 0 Å². The molecule has 0 saturated heterocycles. The highest BCUT2D eigenvalue weighted by molar-refractivity contribution is 5.69. The summed E-state index contributed by atoms with van der Waals surface area (Å²) in [5, 5.41) is 0. The van der Waals surface area contributed by atoms with Gasteiger partial charge in [-0.1, -0.05) is 0 Å². The van der Waals surface area contributed by atoms with E-state index in [0.717, 1.165) is 0 Å². The average molecular weight is 165 g/mol. The van der Waals surface area contributed by atoms with Crippen LogP contribution in [0.1, 0.15) is 0 Å². The number of nitrogens with one attached hydrogen (secondary N) is 2. The van der Waals surface area contributed by atoms with Gasteiger partial charge >= 0.3 is 0 Å². The molecule has 0 aliphatic carbocycles. The van der Waals surface area contributed by atoms with E-state index >= 15 is 0 Å². The minimum absolute atomic E-state index is 0.127. The lowest BCUT2D eigenvalue weighted by molar-refractivity contribution is 0.399. The van der Waals surface area contributed by atoms with E-state index in [0.29, 0.717) is 17.0 Å². The highest BCUT2D eigenvalue weighted by Gasteiger charge is 2.02. The lowest BCUT2D eigenvalue weighted by Crippen LogP contribution is -2.02. The maximum atomic E-state index is 11.2. The third kappa shape index (κ3) is 0.868. The van der Waals surface area contributed by atoms with Crippen molar-refractivity contribution in [3.05, 3.63) is 22.6 Å². The van der Waals surface area contributed by atoms with E-state index < -0.39 is 0 Å². The first-order valence-corrected chi connectivity index (χ1v) is 3.41. The topological polar surface area (TPSA) is 70.8 Å². The number of methoxy groups -OCH3 is 1. The number of nitrogens with zero attached hydrogens (tertiary/aromatic N) is 1. The van der Waals surface area contributed by atoms with Gasteiger partial charge in [0.15, 0.2) is 11.5 Å². The molecule has 12 heavy (non-hydrogen) atoms. The van der Waals surface area contributed by atoms with Crippen molar-refractivity contribution in [2.24, 2.45) is 0 Å². The van der Waals surface area contributed by atoms with Crippen molar-refractivity contribution < 1.29 is 4.74 Å². The Morgan fingerprint density at radius 3 is 3.17 bits per heavy atom. The first kappa shape index (κ1) is 6.90. The van der Waals surface area contributed by atoms with Gasteiger partial charge in [0.25, 0.3) is 0 Å². The van der Waals surface area contributed by atoms with E-state index in [1.807, 2.05) is 0 Å². The number of hydrogen-bond acceptors (Lipinski definition) is 3. The fourth-order valence-corrected chi connectivity index (χ4v) is 1.03. The molecule has 0 fully saturated rings. The van der Waals surface area contributed by atoms with Crippen LogP contribution < -0.4 is 10.2 Å². The van der Waals surface area contributed by atoms with Crippen LogP contribution in [-0.2, 0) is 0 Å². The van der Waals surface area contributed by atoms with Crippen molar-refractivity contribution in [2.45, 2.75) is 0 Å². The van der Waals surface area contributed by atoms with Crippen molar-refractivity contribution >= 4 is 11.2 Å². The maximum Gasteiger partial charge on any atom is 0.211 e. The Kier molecular flexibility index (Phi) is 1.36. The summed E-state index contributed by atoms with van der Waals surface area (Å²) in [4.78, 5) is 20.7. The highest BCUT2D eigenvalue weighted by Crippen LogP contribution is 2.06. The minimum atomic E-state index is -0.127. The normalized spacial score (nSPS) is 10.4. The smallest absolute Gasteiger partial charge is 0.211 e. The van der Waals surface area contributed by atoms with E-state index in [2.05, 4.69) is 15.0 Å². The second kappa shape index (κ2) is 2.37. The summed E-state index contributed by atoms with van der Waals surface area (Å²) in [5.74, 6) is 0.416. The fourth-order valence-electron chi connectivity index (χ4n) is 1.03. The van der Waals surface area contributed by atoms with Crippen LogP contribution in [-0.4, -0.2) is 22.1 Å². The summed E-state index contributed by atoms with van der Waals surface area (Å²) < 4.78 is 4.86. The summed E-state index contributed by atoms with van der Waals surface area (Å²) in [5.41, 5.74) is 0.855. The monoisotopic (exact) mass is 165 g/mol. The molecule has 0 amide bonds. The predicted molar refractivity (Wildman–Crippen MR) is 43.3 cm³/mol. The number of pyridine rings is 1. The van der Waals surface area contributed by atoms with Gasteiger partial charge < -0.3 is 14.7 Å². The molecule has 2 N–H and O–H groups in total. The molecule has 0 saturated carbocycles. The minimum Gasteiger partial charge on any atom is -0.482 e. The standard InChI is InChI=1S/C7H7N3O2/c1-12-5-2-4(11)6-7(10-5)9-3-8-6/h2-3H,1H3,(H2,8,9,10,11). The Balaban J connectivity index is 2.84. The Labute approximate surface area is 67.4 Å². The lowest BCUT2D eigenvalue weighted by atomic mass is 10.4. The van der Waals surface area contributed by atoms with Crippen LogP contribution in [0.25, 0.3) is 11.2 Å². The fraction of sp³-hybridized carbons (Fsp3) is 0.143. The highest BCUT2D eigenvalue weighted by atomic mass is 16.5. The summed E-state index contributed by atoms with van der Waals surface area (Å²) >= 11 is 0. The van der Waals surface area contributed by atoms with Crippen LogP contribution in [0.2, 0.25) is 0 Å². The van der Waals surface area contributed by atoms with E-state index in [1.165, 1.54) is 19.5 Å². The summed E-state index contributed by atoms with van der Waals surface area (Å²) in [6.07, 6.45) is 1.46. The first-order valence-electron chi connectivity index (χ1n) is 3.41. The molecular formula is C7H7N3O2. The summed E-state index contributed by atoms with van der Waals surface area (Å²) in [7, 11) is 1.49. The van der Waals surface area contributed by atoms with Gasteiger partial charge in [0.05, 0.1) is 13.4 Å². The molecule has 0 aliphatic heterocycles. The number of fused-ring (bicyclic) bond motifs is 1. The first-order chi connectivity index (χ1) is 5.81. The zero-order valence-corrected chi connectivity index (χ0v) is 6.42. The molecule has 2 heterocycles. The van der Waals surface area contributed by atoms with Gasteiger partial charge in [-0.25, -0.2) is 4.98 Å². The van der Waals surface area contributed by atoms with Crippen molar-refractivity contribution in [2.75, 3.05) is 7.11 Å². The number of aromatic nitrogens is 3. The van der Waals surface area contributed by atoms with Gasteiger partial charge in [0, 0.05) is 6.07 Å². The number of aromatic amines is 2. The van der Waals surface area contributed by atoms with Gasteiger partial charge in [0.1, 0.15) is 5.52 Å². The van der Waals surface area contributed by atoms with Gasteiger partial charge in [0.2, 0.25) is 5.43 Å². The predicted octanol–water partition coefficient (Wildman–Crippen LogP) is 0.260. The van der Waals surface area contributed by atoms with Crippen LogP contribution in [0, 0.1) is 0 Å². The Hall–Kier alpha value is -1.78. The Bertz CT molecular complexity index is 457. The zero-order valence-electron chi connectivity index (χ0n) is 6.42. The Morgan fingerprint density at radius 1 is 1.58 bits per heavy atom. The van der Waals surface area contributed by atoms with Crippen LogP contribution in [0.5, 0.6) is 5.88 Å². The quantitative estimate of drug-likeness (QED) is 0.636. The third-order valence-electron chi connectivity index (χ3n) is 1.61. The molecule has 2 aromatic heterocycles. The molecule has 0 aliphatic rings. The van der Waals surface area contributed by atoms with Gasteiger partial charge in [-0.2, -0.15) is 0 Å². The number of H-pyrrole nitrogens is 2. The SMILES string of the molecule is COc1cc(=O)c2[nH]cnc2[nH]1. The molecule has 2 aromatic rings. The molecule has 62 valence electrons. The number of rotatable bonds is 1. The average Bonchev–Trinajstić information content (AvgIpc) is 2.52. The van der Waals surface area contributed by atoms with Gasteiger partial charge in [-0.05, 0) is 0 Å². The second-order valence-corrected chi connectivity index (χ2v) is 2.33. The molecule has 5 nitrogen and oxygen atoms in total. The molecule has 0 aromatic carbocycles. The van der Waals surface area contributed by atoms with Crippen molar-refractivity contribution in [1.82, 2.24) is 15.0 Å². The lowest BCUT2D eigenvalue weighted by Gasteiger charge is -1.96. The molecule has 2 rings (SSSR count). The largest absolute Gasteiger partial charge is 0.482 e. The maximum absolute atomic E-state index is 11.2. The summed E-state index contributed by atoms with van der Waals surface area (Å²) in [6, 6.07) is 1.38. The molecule has 0 radical (unpaired) electrons. The number of hydrogen-bond donors (Lipinski definition) is 2. The van der Waals surface area contributed by atoms with Gasteiger partial charge in [-0.15, -0.1) is 0 Å². The summed E-state index contributed by atoms with van der Waals surface area (Å²) in [6.45, 7) is 0. The van der Waals surface area contributed by atoms with E-state index in [-0.39, 0.29) is 5.43 Å². The van der Waals surface area contributed by atoms with Crippen molar-refractivity contribution in [3.8, 4) is 5.88 Å². The van der Waals surface area contributed by atoms with Crippen molar-refractivity contribution in [1.29, 1.82) is 0 Å². The molecule has 0 unspecified atom stereocenters.